The van der Waals surface area contributed by atoms with Gasteiger partial charge in [0.2, 0.25) is 0 Å². The maximum Gasteiger partial charge on any atom is 0.262 e. The van der Waals surface area contributed by atoms with Crippen LogP contribution in [0.4, 0.5) is 20.2 Å². The van der Waals surface area contributed by atoms with Gasteiger partial charge in [0, 0.05) is 11.3 Å². The van der Waals surface area contributed by atoms with Crippen LogP contribution in [0.25, 0.3) is 0 Å². The van der Waals surface area contributed by atoms with Crippen molar-refractivity contribution >= 4 is 27.3 Å². The lowest BCUT2D eigenvalue weighted by Crippen LogP contribution is -2.17. The highest BCUT2D eigenvalue weighted by Crippen LogP contribution is 2.22. The molecule has 0 heterocycles. The summed E-state index contributed by atoms with van der Waals surface area (Å²) in [5.74, 6) is -1.83. The fourth-order valence-corrected chi connectivity index (χ4v) is 3.62. The maximum absolute atomic E-state index is 13.8. The van der Waals surface area contributed by atoms with E-state index in [1.807, 2.05) is 0 Å². The smallest absolute Gasteiger partial charge is 0.262 e. The Hall–Kier alpha value is -3.26. The van der Waals surface area contributed by atoms with Crippen LogP contribution in [0.1, 0.15) is 15.9 Å². The third-order valence-electron chi connectivity index (χ3n) is 3.96. The van der Waals surface area contributed by atoms with Gasteiger partial charge in [0.15, 0.2) is 0 Å². The zero-order chi connectivity index (χ0) is 20.3. The second-order valence-electron chi connectivity index (χ2n) is 6.03. The van der Waals surface area contributed by atoms with Gasteiger partial charge in [-0.1, -0.05) is 24.3 Å². The van der Waals surface area contributed by atoms with Crippen molar-refractivity contribution in [2.75, 3.05) is 10.0 Å². The summed E-state index contributed by atoms with van der Waals surface area (Å²) in [5, 5.41) is 2.52. The highest BCUT2D eigenvalue weighted by Gasteiger charge is 2.19. The molecule has 0 fully saturated rings. The molecule has 0 atom stereocenters. The fraction of sp³-hybridized carbons (Fsp3) is 0.0500. The Morgan fingerprint density at radius 2 is 1.68 bits per heavy atom. The van der Waals surface area contributed by atoms with Crippen LogP contribution in [0.5, 0.6) is 0 Å². The molecule has 0 aliphatic heterocycles. The first kappa shape index (κ1) is 19.5. The quantitative estimate of drug-likeness (QED) is 0.667. The zero-order valence-electron chi connectivity index (χ0n) is 14.7. The molecular formula is C20H16F2N2O3S. The number of carbonyl (C=O) groups is 1. The van der Waals surface area contributed by atoms with Crippen LogP contribution in [-0.4, -0.2) is 14.3 Å². The second-order valence-corrected chi connectivity index (χ2v) is 7.71. The summed E-state index contributed by atoms with van der Waals surface area (Å²) >= 11 is 0. The number of amides is 1. The summed E-state index contributed by atoms with van der Waals surface area (Å²) in [4.78, 5) is 12.3. The van der Waals surface area contributed by atoms with E-state index >= 15 is 0 Å². The van der Waals surface area contributed by atoms with Gasteiger partial charge in [-0.15, -0.1) is 0 Å². The number of rotatable bonds is 5. The molecule has 8 heteroatoms. The van der Waals surface area contributed by atoms with E-state index in [-0.39, 0.29) is 21.8 Å². The Bertz CT molecular complexity index is 1150. The molecule has 3 rings (SSSR count). The van der Waals surface area contributed by atoms with Gasteiger partial charge < -0.3 is 5.32 Å². The Kier molecular flexibility index (Phi) is 5.41. The van der Waals surface area contributed by atoms with Crippen LogP contribution in [0, 0.1) is 18.6 Å². The largest absolute Gasteiger partial charge is 0.322 e. The third-order valence-corrected chi connectivity index (χ3v) is 5.33. The lowest BCUT2D eigenvalue weighted by molar-refractivity contribution is 0.102. The minimum Gasteiger partial charge on any atom is -0.322 e. The van der Waals surface area contributed by atoms with Crippen molar-refractivity contribution in [3.05, 3.63) is 89.5 Å². The van der Waals surface area contributed by atoms with Crippen LogP contribution < -0.4 is 10.0 Å². The number of sulfonamides is 1. The van der Waals surface area contributed by atoms with Gasteiger partial charge in [-0.25, -0.2) is 17.2 Å². The molecule has 1 amide bonds. The monoisotopic (exact) mass is 402 g/mol. The van der Waals surface area contributed by atoms with Gasteiger partial charge in [0.25, 0.3) is 15.9 Å². The molecule has 0 bridgehead atoms. The van der Waals surface area contributed by atoms with Crippen LogP contribution in [-0.2, 0) is 10.0 Å². The molecule has 28 heavy (non-hydrogen) atoms. The molecular weight excluding hydrogens is 386 g/mol. The van der Waals surface area contributed by atoms with Gasteiger partial charge in [0.1, 0.15) is 11.6 Å². The molecule has 0 aliphatic rings. The average Bonchev–Trinajstić information content (AvgIpc) is 2.63. The lowest BCUT2D eigenvalue weighted by Gasteiger charge is -2.12. The summed E-state index contributed by atoms with van der Waals surface area (Å²) in [6, 6.07) is 14.7. The van der Waals surface area contributed by atoms with Gasteiger partial charge in [-0.3, -0.25) is 9.52 Å². The number of aryl methyl sites for hydroxylation is 1. The van der Waals surface area contributed by atoms with Crippen molar-refractivity contribution in [3.63, 3.8) is 0 Å². The topological polar surface area (TPSA) is 75.3 Å². The summed E-state index contributed by atoms with van der Waals surface area (Å²) in [6.07, 6.45) is 0. The number of hydrogen-bond acceptors (Lipinski definition) is 3. The first-order valence-electron chi connectivity index (χ1n) is 8.21. The van der Waals surface area contributed by atoms with Crippen molar-refractivity contribution in [1.82, 2.24) is 0 Å². The van der Waals surface area contributed by atoms with Crippen LogP contribution in [0.15, 0.2) is 71.6 Å². The Labute approximate surface area is 161 Å². The predicted molar refractivity (Wildman–Crippen MR) is 103 cm³/mol. The molecule has 0 radical (unpaired) electrons. The molecule has 0 aliphatic carbocycles. The van der Waals surface area contributed by atoms with Crippen molar-refractivity contribution in [1.29, 1.82) is 0 Å². The molecule has 0 unspecified atom stereocenters. The summed E-state index contributed by atoms with van der Waals surface area (Å²) < 4.78 is 54.4. The zero-order valence-corrected chi connectivity index (χ0v) is 15.6. The number of benzene rings is 3. The van der Waals surface area contributed by atoms with E-state index in [1.165, 1.54) is 54.6 Å². The van der Waals surface area contributed by atoms with Crippen molar-refractivity contribution < 1.29 is 22.0 Å². The number of carbonyl (C=O) groups excluding carboxylic acids is 1. The summed E-state index contributed by atoms with van der Waals surface area (Å²) in [7, 11) is -4.12. The number of nitrogens with one attached hydrogen (secondary N) is 2. The van der Waals surface area contributed by atoms with Gasteiger partial charge in [-0.05, 0) is 55.0 Å². The second kappa shape index (κ2) is 7.77. The Morgan fingerprint density at radius 3 is 2.39 bits per heavy atom. The van der Waals surface area contributed by atoms with E-state index in [9.17, 15) is 22.0 Å². The normalized spacial score (nSPS) is 11.1. The Morgan fingerprint density at radius 1 is 0.929 bits per heavy atom. The van der Waals surface area contributed by atoms with Crippen molar-refractivity contribution in [2.24, 2.45) is 0 Å². The van der Waals surface area contributed by atoms with E-state index in [2.05, 4.69) is 10.0 Å². The minimum absolute atomic E-state index is 0.0978. The Balaban J connectivity index is 1.90. The molecule has 5 nitrogen and oxygen atoms in total. The molecule has 2 N–H and O–H groups in total. The highest BCUT2D eigenvalue weighted by molar-refractivity contribution is 7.92. The lowest BCUT2D eigenvalue weighted by atomic mass is 10.1. The number of halogens is 2. The average molecular weight is 402 g/mol. The molecule has 144 valence electrons. The predicted octanol–water partition coefficient (Wildman–Crippen LogP) is 4.33. The van der Waals surface area contributed by atoms with E-state index in [1.54, 1.807) is 6.92 Å². The molecule has 3 aromatic rings. The first-order chi connectivity index (χ1) is 13.3. The number of anilines is 2. The van der Waals surface area contributed by atoms with Crippen LogP contribution >= 0.6 is 0 Å². The van der Waals surface area contributed by atoms with Gasteiger partial charge >= 0.3 is 0 Å². The fourth-order valence-electron chi connectivity index (χ4n) is 2.53. The van der Waals surface area contributed by atoms with Gasteiger partial charge in [-0.2, -0.15) is 0 Å². The van der Waals surface area contributed by atoms with Crippen molar-refractivity contribution in [2.45, 2.75) is 11.8 Å². The maximum atomic E-state index is 13.8. The molecule has 0 aromatic heterocycles. The van der Waals surface area contributed by atoms with E-state index in [0.717, 1.165) is 12.1 Å². The van der Waals surface area contributed by atoms with Crippen LogP contribution in [0.2, 0.25) is 0 Å². The third kappa shape index (κ3) is 4.34. The molecule has 0 saturated carbocycles. The van der Waals surface area contributed by atoms with E-state index < -0.39 is 27.6 Å². The molecule has 0 saturated heterocycles. The molecule has 0 spiro atoms. The SMILES string of the molecule is Cc1ccc(S(=O)(=O)Nc2ccccc2F)cc1C(=O)Nc1cccc(F)c1. The molecule has 3 aromatic carbocycles. The van der Waals surface area contributed by atoms with Crippen molar-refractivity contribution in [3.8, 4) is 0 Å². The summed E-state index contributed by atoms with van der Waals surface area (Å²) in [5.41, 5.74) is 0.662. The summed E-state index contributed by atoms with van der Waals surface area (Å²) in [6.45, 7) is 1.64. The van der Waals surface area contributed by atoms with Crippen LogP contribution in [0.3, 0.4) is 0 Å². The van der Waals surface area contributed by atoms with E-state index in [4.69, 9.17) is 0 Å². The standard InChI is InChI=1S/C20H16F2N2O3S/c1-13-9-10-16(28(26,27)24-19-8-3-2-7-18(19)22)12-17(13)20(25)23-15-6-4-5-14(21)11-15/h2-12,24H,1H3,(H,23,25). The first-order valence-corrected chi connectivity index (χ1v) is 9.69. The van der Waals surface area contributed by atoms with E-state index in [0.29, 0.717) is 5.56 Å². The number of hydrogen-bond donors (Lipinski definition) is 2. The minimum atomic E-state index is -4.12. The number of para-hydroxylation sites is 1. The highest BCUT2D eigenvalue weighted by atomic mass is 32.2. The van der Waals surface area contributed by atoms with Gasteiger partial charge in [0.05, 0.1) is 10.6 Å².